The largest absolute Gasteiger partial charge is 0.355 e. The van der Waals surface area contributed by atoms with Gasteiger partial charge in [0.05, 0.1) is 6.42 Å². The second kappa shape index (κ2) is 9.74. The van der Waals surface area contributed by atoms with E-state index in [1.807, 2.05) is 0 Å². The molecule has 0 radical (unpaired) electrons. The molecule has 160 valence electrons. The highest BCUT2D eigenvalue weighted by atomic mass is 16.2. The Hall–Kier alpha value is -2.60. The maximum Gasteiger partial charge on any atom is 0.232 e. The van der Waals surface area contributed by atoms with Crippen LogP contribution in [-0.2, 0) is 19.2 Å². The zero-order chi connectivity index (χ0) is 21.6. The molecule has 3 aliphatic rings. The molecule has 9 nitrogen and oxygen atoms in total. The minimum Gasteiger partial charge on any atom is -0.355 e. The molecule has 5 atom stereocenters. The molecule has 3 aliphatic heterocycles. The van der Waals surface area contributed by atoms with Crippen LogP contribution in [0.3, 0.4) is 0 Å². The number of rotatable bonds is 8. The van der Waals surface area contributed by atoms with E-state index in [1.54, 1.807) is 0 Å². The molecule has 3 rings (SSSR count). The second-order valence-electron chi connectivity index (χ2n) is 8.04. The van der Waals surface area contributed by atoms with Gasteiger partial charge in [0.15, 0.2) is 0 Å². The molecule has 0 spiro atoms. The van der Waals surface area contributed by atoms with Crippen molar-refractivity contribution in [3.8, 4) is 12.3 Å². The molecule has 2 bridgehead atoms. The molecule has 29 heavy (non-hydrogen) atoms. The summed E-state index contributed by atoms with van der Waals surface area (Å²) in [5.74, 6) is 1.77. The van der Waals surface area contributed by atoms with Crippen molar-refractivity contribution in [3.63, 3.8) is 0 Å². The molecule has 3 fully saturated rings. The molecule has 3 unspecified atom stereocenters. The average Bonchev–Trinajstić information content (AvgIpc) is 2.62. The summed E-state index contributed by atoms with van der Waals surface area (Å²) < 4.78 is 0. The summed E-state index contributed by atoms with van der Waals surface area (Å²) in [7, 11) is 0. The molecule has 0 aromatic carbocycles. The average molecular weight is 405 g/mol. The number of carbonyl (C=O) groups is 4. The first kappa shape index (κ1) is 22.7. The number of hydrogen-bond acceptors (Lipinski definition) is 5. The zero-order valence-electron chi connectivity index (χ0n) is 17.3. The summed E-state index contributed by atoms with van der Waals surface area (Å²) in [4.78, 5) is 49.1. The standard InChI is InChI=1S/C20H31N5O4/c1-5-6-19(29)24-20-7-16(10-21-13(2)26)25(17(8-20)11-22-14(3)27)18(9-20)12-23-15(4)28/h1,16-18H,6-12H2,2-4H3,(H,21,26)(H,22,27)(H,23,28)(H,24,29)/t16-,17+,18?,20?. The molecule has 0 aliphatic carbocycles. The van der Waals surface area contributed by atoms with Gasteiger partial charge < -0.3 is 21.3 Å². The lowest BCUT2D eigenvalue weighted by molar-refractivity contribution is -0.132. The highest BCUT2D eigenvalue weighted by molar-refractivity contribution is 5.79. The molecular formula is C20H31N5O4. The van der Waals surface area contributed by atoms with Crippen molar-refractivity contribution in [1.82, 2.24) is 26.2 Å². The highest BCUT2D eigenvalue weighted by Crippen LogP contribution is 2.43. The van der Waals surface area contributed by atoms with E-state index in [0.29, 0.717) is 38.9 Å². The van der Waals surface area contributed by atoms with E-state index < -0.39 is 5.54 Å². The minimum absolute atomic E-state index is 0.00540. The van der Waals surface area contributed by atoms with E-state index in [-0.39, 0.29) is 48.2 Å². The number of piperidine rings is 3. The van der Waals surface area contributed by atoms with Crippen molar-refractivity contribution in [2.75, 3.05) is 19.6 Å². The molecular weight excluding hydrogens is 374 g/mol. The maximum atomic E-state index is 12.3. The van der Waals surface area contributed by atoms with Gasteiger partial charge in [0.2, 0.25) is 23.6 Å². The Labute approximate surface area is 171 Å². The maximum absolute atomic E-state index is 12.3. The fourth-order valence-corrected chi connectivity index (χ4v) is 4.72. The van der Waals surface area contributed by atoms with E-state index in [1.165, 1.54) is 20.8 Å². The van der Waals surface area contributed by atoms with Gasteiger partial charge in [0, 0.05) is 64.1 Å². The molecule has 3 heterocycles. The summed E-state index contributed by atoms with van der Waals surface area (Å²) in [6.45, 7) is 5.67. The SMILES string of the molecule is C#CCC(=O)NC12CC(CNC(C)=O)N([C@H](CNC(C)=O)C1)[C@@H](CNC(C)=O)C2. The van der Waals surface area contributed by atoms with Crippen LogP contribution < -0.4 is 21.3 Å². The number of carbonyl (C=O) groups excluding carboxylic acids is 4. The van der Waals surface area contributed by atoms with Gasteiger partial charge in [-0.15, -0.1) is 6.42 Å². The Bertz CT molecular complexity index is 632. The topological polar surface area (TPSA) is 120 Å². The Kier molecular flexibility index (Phi) is 7.62. The summed E-state index contributed by atoms with van der Waals surface area (Å²) >= 11 is 0. The summed E-state index contributed by atoms with van der Waals surface area (Å²) in [6.07, 6.45) is 7.28. The van der Waals surface area contributed by atoms with Crippen LogP contribution in [-0.4, -0.2) is 71.8 Å². The van der Waals surface area contributed by atoms with Crippen LogP contribution in [0.5, 0.6) is 0 Å². The van der Waals surface area contributed by atoms with Crippen molar-refractivity contribution in [2.24, 2.45) is 0 Å². The van der Waals surface area contributed by atoms with Gasteiger partial charge in [-0.25, -0.2) is 0 Å². The number of hydrogen-bond donors (Lipinski definition) is 4. The Balaban J connectivity index is 2.31. The lowest BCUT2D eigenvalue weighted by Gasteiger charge is -2.60. The summed E-state index contributed by atoms with van der Waals surface area (Å²) in [5, 5.41) is 11.7. The number of terminal acetylenes is 1. The Morgan fingerprint density at radius 3 is 1.55 bits per heavy atom. The fraction of sp³-hybridized carbons (Fsp3) is 0.700. The zero-order valence-corrected chi connectivity index (χ0v) is 17.3. The molecule has 4 N–H and O–H groups in total. The van der Waals surface area contributed by atoms with E-state index >= 15 is 0 Å². The van der Waals surface area contributed by atoms with Gasteiger partial charge in [-0.3, -0.25) is 24.1 Å². The van der Waals surface area contributed by atoms with Crippen LogP contribution >= 0.6 is 0 Å². The monoisotopic (exact) mass is 405 g/mol. The normalized spacial score (nSPS) is 30.0. The van der Waals surface area contributed by atoms with Crippen molar-refractivity contribution >= 4 is 23.6 Å². The quantitative estimate of drug-likeness (QED) is 0.381. The predicted octanol–water partition coefficient (Wildman–Crippen LogP) is -1.12. The first-order valence-corrected chi connectivity index (χ1v) is 9.91. The van der Waals surface area contributed by atoms with Gasteiger partial charge in [-0.05, 0) is 19.3 Å². The first-order chi connectivity index (χ1) is 13.7. The van der Waals surface area contributed by atoms with E-state index in [2.05, 4.69) is 32.1 Å². The first-order valence-electron chi connectivity index (χ1n) is 9.91. The number of nitrogens with one attached hydrogen (secondary N) is 4. The van der Waals surface area contributed by atoms with Gasteiger partial charge in [0.1, 0.15) is 0 Å². The van der Waals surface area contributed by atoms with Crippen LogP contribution in [0.1, 0.15) is 46.5 Å². The minimum atomic E-state index is -0.502. The third-order valence-corrected chi connectivity index (χ3v) is 5.57. The lowest BCUT2D eigenvalue weighted by atomic mass is 9.69. The molecule has 0 saturated carbocycles. The van der Waals surface area contributed by atoms with Crippen LogP contribution in [0, 0.1) is 12.3 Å². The lowest BCUT2D eigenvalue weighted by Crippen LogP contribution is -2.74. The van der Waals surface area contributed by atoms with Crippen LogP contribution in [0.15, 0.2) is 0 Å². The van der Waals surface area contributed by atoms with Crippen molar-refractivity contribution in [3.05, 3.63) is 0 Å². The van der Waals surface area contributed by atoms with Gasteiger partial charge in [-0.1, -0.05) is 5.92 Å². The Morgan fingerprint density at radius 2 is 1.24 bits per heavy atom. The summed E-state index contributed by atoms with van der Waals surface area (Å²) in [6, 6.07) is -0.111. The van der Waals surface area contributed by atoms with Gasteiger partial charge in [-0.2, -0.15) is 0 Å². The third-order valence-electron chi connectivity index (χ3n) is 5.57. The van der Waals surface area contributed by atoms with E-state index in [0.717, 1.165) is 0 Å². The van der Waals surface area contributed by atoms with E-state index in [9.17, 15) is 19.2 Å². The highest BCUT2D eigenvalue weighted by Gasteiger charge is 2.54. The molecule has 4 amide bonds. The Morgan fingerprint density at radius 1 is 0.862 bits per heavy atom. The van der Waals surface area contributed by atoms with Crippen LogP contribution in [0.2, 0.25) is 0 Å². The number of fused-ring (bicyclic) bond motifs is 3. The summed E-state index contributed by atoms with van der Waals surface area (Å²) in [5.41, 5.74) is -0.502. The van der Waals surface area contributed by atoms with Crippen molar-refractivity contribution in [1.29, 1.82) is 0 Å². The second-order valence-corrected chi connectivity index (χ2v) is 8.04. The molecule has 9 heteroatoms. The fourth-order valence-electron chi connectivity index (χ4n) is 4.72. The molecule has 0 aromatic heterocycles. The van der Waals surface area contributed by atoms with Crippen molar-refractivity contribution in [2.45, 2.75) is 70.1 Å². The number of amides is 4. The molecule has 0 aromatic rings. The van der Waals surface area contributed by atoms with Crippen molar-refractivity contribution < 1.29 is 19.2 Å². The van der Waals surface area contributed by atoms with Gasteiger partial charge in [0.25, 0.3) is 0 Å². The van der Waals surface area contributed by atoms with Gasteiger partial charge >= 0.3 is 0 Å². The van der Waals surface area contributed by atoms with E-state index in [4.69, 9.17) is 6.42 Å². The molecule has 3 saturated heterocycles. The third kappa shape index (κ3) is 6.19. The van der Waals surface area contributed by atoms with Crippen LogP contribution in [0.4, 0.5) is 0 Å². The number of nitrogens with zero attached hydrogens (tertiary/aromatic N) is 1. The smallest absolute Gasteiger partial charge is 0.232 e. The van der Waals surface area contributed by atoms with Crippen LogP contribution in [0.25, 0.3) is 0 Å². The predicted molar refractivity (Wildman–Crippen MR) is 107 cm³/mol.